The van der Waals surface area contributed by atoms with Crippen LogP contribution in [0.5, 0.6) is 0 Å². The number of carbonyl (C=O) groups excluding carboxylic acids is 1. The van der Waals surface area contributed by atoms with Gasteiger partial charge in [0.05, 0.1) is 25.3 Å². The van der Waals surface area contributed by atoms with E-state index in [0.717, 1.165) is 16.7 Å². The fraction of sp³-hybridized carbons (Fsp3) is 0.333. The molecule has 0 atom stereocenters. The van der Waals surface area contributed by atoms with Crippen LogP contribution in [0.4, 0.5) is 24.8 Å². The zero-order valence-electron chi connectivity index (χ0n) is 23.3. The summed E-state index contributed by atoms with van der Waals surface area (Å²) in [6.07, 6.45) is -3.00. The van der Waals surface area contributed by atoms with E-state index in [2.05, 4.69) is 20.5 Å². The molecule has 4 heterocycles. The fourth-order valence-corrected chi connectivity index (χ4v) is 5.55. The van der Waals surface area contributed by atoms with Crippen LogP contribution in [0.3, 0.4) is 0 Å². The zero-order chi connectivity index (χ0) is 29.4. The molecule has 2 aromatic carbocycles. The Morgan fingerprint density at radius 2 is 1.79 bits per heavy atom. The number of hydrogen-bond acceptors (Lipinski definition) is 7. The van der Waals surface area contributed by atoms with E-state index in [9.17, 15) is 18.0 Å². The largest absolute Gasteiger partial charge is 0.416 e. The highest BCUT2D eigenvalue weighted by Crippen LogP contribution is 2.41. The lowest BCUT2D eigenvalue weighted by Gasteiger charge is -2.27. The number of anilines is 2. The molecule has 1 amide bonds. The molecule has 2 aromatic heterocycles. The van der Waals surface area contributed by atoms with Crippen LogP contribution in [0.15, 0.2) is 54.9 Å². The highest BCUT2D eigenvalue weighted by atomic mass is 19.4. The Morgan fingerprint density at radius 3 is 2.48 bits per heavy atom. The molecule has 4 aromatic rings. The number of rotatable bonds is 7. The van der Waals surface area contributed by atoms with E-state index in [4.69, 9.17) is 4.74 Å². The van der Waals surface area contributed by atoms with E-state index in [1.165, 1.54) is 11.0 Å². The summed E-state index contributed by atoms with van der Waals surface area (Å²) in [6, 6.07) is 14.0. The molecule has 42 heavy (non-hydrogen) atoms. The van der Waals surface area contributed by atoms with Gasteiger partial charge in [0.25, 0.3) is 5.91 Å². The number of aromatic nitrogens is 4. The summed E-state index contributed by atoms with van der Waals surface area (Å²) in [5, 5.41) is 11.4. The Kier molecular flexibility index (Phi) is 7.42. The molecule has 1 saturated heterocycles. The molecule has 0 bridgehead atoms. The summed E-state index contributed by atoms with van der Waals surface area (Å²) in [7, 11) is 1.85. The van der Waals surface area contributed by atoms with Crippen LogP contribution in [-0.4, -0.2) is 63.4 Å². The van der Waals surface area contributed by atoms with Gasteiger partial charge in [-0.25, -0.2) is 4.98 Å². The summed E-state index contributed by atoms with van der Waals surface area (Å²) in [4.78, 5) is 21.8. The zero-order valence-corrected chi connectivity index (χ0v) is 23.3. The maximum Gasteiger partial charge on any atom is 0.416 e. The summed E-state index contributed by atoms with van der Waals surface area (Å²) in [6.45, 7) is 4.87. The van der Waals surface area contributed by atoms with Crippen LogP contribution in [0.25, 0.3) is 22.5 Å². The number of hydrogen-bond donors (Lipinski definition) is 1. The van der Waals surface area contributed by atoms with E-state index in [-0.39, 0.29) is 23.5 Å². The molecule has 218 valence electrons. The first-order valence-electron chi connectivity index (χ1n) is 13.8. The van der Waals surface area contributed by atoms with Gasteiger partial charge >= 0.3 is 6.18 Å². The van der Waals surface area contributed by atoms with Crippen LogP contribution in [0.2, 0.25) is 0 Å². The number of morpholine rings is 1. The van der Waals surface area contributed by atoms with Crippen molar-refractivity contribution in [3.05, 3.63) is 77.1 Å². The molecule has 6 rings (SSSR count). The first-order valence-corrected chi connectivity index (χ1v) is 13.8. The molecule has 0 spiro atoms. The molecule has 0 unspecified atom stereocenters. The van der Waals surface area contributed by atoms with Crippen molar-refractivity contribution in [1.29, 1.82) is 0 Å². The molecular weight excluding hydrogens is 547 g/mol. The topological polar surface area (TPSA) is 88.4 Å². The summed E-state index contributed by atoms with van der Waals surface area (Å²) in [5.41, 5.74) is 2.08. The Hall–Kier alpha value is -4.29. The summed E-state index contributed by atoms with van der Waals surface area (Å²) in [5.74, 6) is 0.917. The van der Waals surface area contributed by atoms with Gasteiger partial charge in [-0.3, -0.25) is 14.6 Å². The summed E-state index contributed by atoms with van der Waals surface area (Å²) >= 11 is 0. The lowest BCUT2D eigenvalue weighted by atomic mass is 9.98. The van der Waals surface area contributed by atoms with Gasteiger partial charge in [-0.2, -0.15) is 13.2 Å². The number of pyridine rings is 1. The maximum absolute atomic E-state index is 14.3. The Bertz CT molecular complexity index is 1630. The van der Waals surface area contributed by atoms with Crippen LogP contribution in [0.1, 0.15) is 34.0 Å². The van der Waals surface area contributed by atoms with Gasteiger partial charge in [-0.15, -0.1) is 10.2 Å². The first-order chi connectivity index (χ1) is 20.2. The van der Waals surface area contributed by atoms with Crippen molar-refractivity contribution in [3.8, 4) is 22.5 Å². The molecular formula is C30H30F3N7O2. The molecule has 2 aliphatic heterocycles. The SMILES string of the molecule is CCNc1cc(-c2ccccc2-c2nncn2C)cc(N2Cc3c(cc(CN4CCOCC4)cc3C(F)(F)F)C2=O)n1. The maximum atomic E-state index is 14.3. The van der Waals surface area contributed by atoms with Crippen molar-refractivity contribution in [2.24, 2.45) is 7.05 Å². The van der Waals surface area contributed by atoms with Gasteiger partial charge in [-0.05, 0) is 53.4 Å². The number of benzene rings is 2. The van der Waals surface area contributed by atoms with E-state index >= 15 is 0 Å². The van der Waals surface area contributed by atoms with Gasteiger partial charge < -0.3 is 14.6 Å². The van der Waals surface area contributed by atoms with Crippen molar-refractivity contribution in [1.82, 2.24) is 24.6 Å². The standard InChI is InChI=1S/C30H30F3N7O2/c1-3-34-26-14-20(21-6-4-5-7-22(21)28-37-35-18-38(28)2)15-27(36-26)40-17-24-23(29(40)41)12-19(13-25(24)30(31,32)33)16-39-8-10-42-11-9-39/h4-7,12-15,18H,3,8-11,16-17H2,1-2H3,(H,34,36). The molecule has 2 aliphatic rings. The average molecular weight is 578 g/mol. The lowest BCUT2D eigenvalue weighted by Crippen LogP contribution is -2.35. The smallest absolute Gasteiger partial charge is 0.379 e. The average Bonchev–Trinajstić information content (AvgIpc) is 3.55. The van der Waals surface area contributed by atoms with Crippen molar-refractivity contribution < 1.29 is 22.7 Å². The van der Waals surface area contributed by atoms with Gasteiger partial charge in [0.15, 0.2) is 5.82 Å². The normalized spacial score (nSPS) is 15.7. The van der Waals surface area contributed by atoms with Crippen molar-refractivity contribution in [3.63, 3.8) is 0 Å². The highest BCUT2D eigenvalue weighted by Gasteiger charge is 2.41. The number of ether oxygens (including phenoxy) is 1. The Labute approximate surface area is 240 Å². The molecule has 9 nitrogen and oxygen atoms in total. The van der Waals surface area contributed by atoms with Crippen LogP contribution < -0.4 is 10.2 Å². The molecule has 12 heteroatoms. The second-order valence-corrected chi connectivity index (χ2v) is 10.4. The number of fused-ring (bicyclic) bond motifs is 1. The summed E-state index contributed by atoms with van der Waals surface area (Å²) < 4.78 is 50.1. The predicted molar refractivity (Wildman–Crippen MR) is 152 cm³/mol. The minimum absolute atomic E-state index is 0.0325. The number of alkyl halides is 3. The third-order valence-electron chi connectivity index (χ3n) is 7.55. The van der Waals surface area contributed by atoms with Gasteiger partial charge in [0.1, 0.15) is 18.0 Å². The quantitative estimate of drug-likeness (QED) is 0.331. The first kappa shape index (κ1) is 27.9. The van der Waals surface area contributed by atoms with Crippen molar-refractivity contribution >= 4 is 17.5 Å². The minimum Gasteiger partial charge on any atom is -0.379 e. The van der Waals surface area contributed by atoms with E-state index in [1.807, 2.05) is 49.2 Å². The number of carbonyl (C=O) groups is 1. The number of aryl methyl sites for hydroxylation is 1. The third kappa shape index (κ3) is 5.35. The van der Waals surface area contributed by atoms with E-state index in [1.54, 1.807) is 23.0 Å². The number of halogens is 3. The number of nitrogens with one attached hydrogen (secondary N) is 1. The van der Waals surface area contributed by atoms with Crippen molar-refractivity contribution in [2.75, 3.05) is 43.1 Å². The molecule has 0 aliphatic carbocycles. The number of nitrogens with zero attached hydrogens (tertiary/aromatic N) is 6. The van der Waals surface area contributed by atoms with Gasteiger partial charge in [0, 0.05) is 44.4 Å². The van der Waals surface area contributed by atoms with Crippen LogP contribution in [0, 0.1) is 0 Å². The predicted octanol–water partition coefficient (Wildman–Crippen LogP) is 4.99. The Morgan fingerprint density at radius 1 is 1.02 bits per heavy atom. The van der Waals surface area contributed by atoms with E-state index in [0.29, 0.717) is 56.6 Å². The monoisotopic (exact) mass is 577 g/mol. The van der Waals surface area contributed by atoms with Gasteiger partial charge in [0.2, 0.25) is 0 Å². The highest BCUT2D eigenvalue weighted by molar-refractivity contribution is 6.10. The second kappa shape index (κ2) is 11.2. The molecule has 0 saturated carbocycles. The minimum atomic E-state index is -4.61. The van der Waals surface area contributed by atoms with E-state index < -0.39 is 17.6 Å². The second-order valence-electron chi connectivity index (χ2n) is 10.4. The Balaban J connectivity index is 1.41. The lowest BCUT2D eigenvalue weighted by molar-refractivity contribution is -0.138. The van der Waals surface area contributed by atoms with Crippen molar-refractivity contribution in [2.45, 2.75) is 26.2 Å². The number of amides is 1. The molecule has 1 N–H and O–H groups in total. The van der Waals surface area contributed by atoms with Gasteiger partial charge in [-0.1, -0.05) is 24.3 Å². The molecule has 0 radical (unpaired) electrons. The van der Waals surface area contributed by atoms with Crippen LogP contribution >= 0.6 is 0 Å². The van der Waals surface area contributed by atoms with Crippen LogP contribution in [-0.2, 0) is 31.1 Å². The third-order valence-corrected chi connectivity index (χ3v) is 7.55. The fourth-order valence-electron chi connectivity index (χ4n) is 5.55. The molecule has 1 fully saturated rings.